The molecule has 0 saturated heterocycles. The fourth-order valence-electron chi connectivity index (χ4n) is 1.65. The normalized spacial score (nSPS) is 10.1. The second-order valence-corrected chi connectivity index (χ2v) is 4.23. The van der Waals surface area contributed by atoms with Crippen molar-refractivity contribution in [2.75, 3.05) is 5.32 Å². The van der Waals surface area contributed by atoms with E-state index in [1.165, 1.54) is 23.3 Å². The zero-order valence-electron chi connectivity index (χ0n) is 10.3. The zero-order chi connectivity index (χ0) is 13.1. The van der Waals surface area contributed by atoms with Gasteiger partial charge in [0, 0.05) is 23.5 Å². The SMILES string of the molecule is Cc1ccc(Nc2ccc([N+](=O)[O-])cc2)cc1C. The minimum Gasteiger partial charge on any atom is -0.356 e. The third kappa shape index (κ3) is 2.66. The van der Waals surface area contributed by atoms with Gasteiger partial charge in [0.25, 0.3) is 5.69 Å². The van der Waals surface area contributed by atoms with Crippen molar-refractivity contribution in [3.63, 3.8) is 0 Å². The predicted octanol–water partition coefficient (Wildman–Crippen LogP) is 3.96. The Labute approximate surface area is 105 Å². The molecule has 18 heavy (non-hydrogen) atoms. The van der Waals surface area contributed by atoms with Gasteiger partial charge < -0.3 is 5.32 Å². The minimum atomic E-state index is -0.403. The van der Waals surface area contributed by atoms with Crippen molar-refractivity contribution >= 4 is 17.1 Å². The highest BCUT2D eigenvalue weighted by Crippen LogP contribution is 2.21. The van der Waals surface area contributed by atoms with E-state index in [4.69, 9.17) is 0 Å². The second kappa shape index (κ2) is 4.87. The third-order valence-corrected chi connectivity index (χ3v) is 2.87. The molecule has 0 aromatic heterocycles. The molecule has 0 unspecified atom stereocenters. The lowest BCUT2D eigenvalue weighted by Gasteiger charge is -2.08. The highest BCUT2D eigenvalue weighted by molar-refractivity contribution is 5.62. The maximum Gasteiger partial charge on any atom is 0.269 e. The second-order valence-electron chi connectivity index (χ2n) is 4.23. The van der Waals surface area contributed by atoms with Gasteiger partial charge in [-0.2, -0.15) is 0 Å². The zero-order valence-corrected chi connectivity index (χ0v) is 10.3. The van der Waals surface area contributed by atoms with Gasteiger partial charge in [0.2, 0.25) is 0 Å². The lowest BCUT2D eigenvalue weighted by Crippen LogP contribution is -1.93. The molecule has 0 radical (unpaired) electrons. The van der Waals surface area contributed by atoms with E-state index in [0.717, 1.165) is 11.4 Å². The molecule has 0 aliphatic heterocycles. The Balaban J connectivity index is 2.18. The first-order valence-electron chi connectivity index (χ1n) is 5.65. The van der Waals surface area contributed by atoms with Crippen LogP contribution in [0.15, 0.2) is 42.5 Å². The number of benzene rings is 2. The van der Waals surface area contributed by atoms with E-state index >= 15 is 0 Å². The molecule has 0 saturated carbocycles. The van der Waals surface area contributed by atoms with Crippen LogP contribution in [-0.2, 0) is 0 Å². The van der Waals surface area contributed by atoms with Crippen LogP contribution in [0.25, 0.3) is 0 Å². The highest BCUT2D eigenvalue weighted by Gasteiger charge is 2.04. The number of hydrogen-bond donors (Lipinski definition) is 1. The van der Waals surface area contributed by atoms with Crippen LogP contribution in [0.4, 0.5) is 17.1 Å². The van der Waals surface area contributed by atoms with E-state index < -0.39 is 4.92 Å². The van der Waals surface area contributed by atoms with Crippen molar-refractivity contribution in [1.82, 2.24) is 0 Å². The van der Waals surface area contributed by atoms with Crippen molar-refractivity contribution in [2.24, 2.45) is 0 Å². The monoisotopic (exact) mass is 242 g/mol. The van der Waals surface area contributed by atoms with Crippen LogP contribution in [0, 0.1) is 24.0 Å². The fraction of sp³-hybridized carbons (Fsp3) is 0.143. The Morgan fingerprint density at radius 2 is 1.56 bits per heavy atom. The number of aryl methyl sites for hydroxylation is 2. The van der Waals surface area contributed by atoms with Gasteiger partial charge in [0.1, 0.15) is 0 Å². The molecular weight excluding hydrogens is 228 g/mol. The summed E-state index contributed by atoms with van der Waals surface area (Å²) in [5.74, 6) is 0. The van der Waals surface area contributed by atoms with Gasteiger partial charge in [-0.1, -0.05) is 6.07 Å². The first-order valence-corrected chi connectivity index (χ1v) is 5.65. The van der Waals surface area contributed by atoms with E-state index in [-0.39, 0.29) is 5.69 Å². The summed E-state index contributed by atoms with van der Waals surface area (Å²) in [4.78, 5) is 10.1. The summed E-state index contributed by atoms with van der Waals surface area (Å²) in [6, 6.07) is 12.5. The molecule has 0 fully saturated rings. The first kappa shape index (κ1) is 12.1. The largest absolute Gasteiger partial charge is 0.356 e. The topological polar surface area (TPSA) is 55.2 Å². The number of nitro benzene ring substituents is 1. The number of hydrogen-bond acceptors (Lipinski definition) is 3. The first-order chi connectivity index (χ1) is 8.56. The van der Waals surface area contributed by atoms with Crippen LogP contribution < -0.4 is 5.32 Å². The quantitative estimate of drug-likeness (QED) is 0.654. The lowest BCUT2D eigenvalue weighted by atomic mass is 10.1. The van der Waals surface area contributed by atoms with Crippen molar-refractivity contribution in [1.29, 1.82) is 0 Å². The molecule has 0 amide bonds. The number of nitro groups is 1. The number of non-ortho nitro benzene ring substituents is 1. The van der Waals surface area contributed by atoms with Crippen molar-refractivity contribution in [3.8, 4) is 0 Å². The van der Waals surface area contributed by atoms with Gasteiger partial charge >= 0.3 is 0 Å². The molecule has 0 aliphatic rings. The van der Waals surface area contributed by atoms with Gasteiger partial charge in [-0.15, -0.1) is 0 Å². The van der Waals surface area contributed by atoms with Gasteiger partial charge in [-0.3, -0.25) is 10.1 Å². The number of rotatable bonds is 3. The average molecular weight is 242 g/mol. The number of anilines is 2. The van der Waals surface area contributed by atoms with Crippen molar-refractivity contribution in [2.45, 2.75) is 13.8 Å². The maximum atomic E-state index is 10.5. The van der Waals surface area contributed by atoms with Crippen LogP contribution in [0.1, 0.15) is 11.1 Å². The lowest BCUT2D eigenvalue weighted by molar-refractivity contribution is -0.384. The summed E-state index contributed by atoms with van der Waals surface area (Å²) < 4.78 is 0. The average Bonchev–Trinajstić information content (AvgIpc) is 2.34. The van der Waals surface area contributed by atoms with Crippen LogP contribution in [0.2, 0.25) is 0 Å². The molecule has 0 spiro atoms. The van der Waals surface area contributed by atoms with Crippen LogP contribution >= 0.6 is 0 Å². The molecule has 0 bridgehead atoms. The molecular formula is C14H14N2O2. The summed E-state index contributed by atoms with van der Waals surface area (Å²) in [6.07, 6.45) is 0. The summed E-state index contributed by atoms with van der Waals surface area (Å²) in [5, 5.41) is 13.8. The van der Waals surface area contributed by atoms with Gasteiger partial charge in [0.15, 0.2) is 0 Å². The Kier molecular flexibility index (Phi) is 3.28. The Morgan fingerprint density at radius 3 is 2.11 bits per heavy atom. The summed E-state index contributed by atoms with van der Waals surface area (Å²) in [6.45, 7) is 4.11. The molecule has 4 heteroatoms. The third-order valence-electron chi connectivity index (χ3n) is 2.87. The molecule has 2 aromatic carbocycles. The van der Waals surface area contributed by atoms with E-state index in [9.17, 15) is 10.1 Å². The van der Waals surface area contributed by atoms with Gasteiger partial charge in [-0.05, 0) is 49.2 Å². The maximum absolute atomic E-state index is 10.5. The van der Waals surface area contributed by atoms with Crippen molar-refractivity contribution < 1.29 is 4.92 Å². The van der Waals surface area contributed by atoms with Crippen molar-refractivity contribution in [3.05, 3.63) is 63.7 Å². The molecule has 4 nitrogen and oxygen atoms in total. The molecule has 92 valence electrons. The molecule has 2 rings (SSSR count). The van der Waals surface area contributed by atoms with Crippen LogP contribution in [0.3, 0.4) is 0 Å². The summed E-state index contributed by atoms with van der Waals surface area (Å²) in [7, 11) is 0. The minimum absolute atomic E-state index is 0.0978. The Morgan fingerprint density at radius 1 is 0.944 bits per heavy atom. The smallest absolute Gasteiger partial charge is 0.269 e. The van der Waals surface area contributed by atoms with E-state index in [1.807, 2.05) is 12.1 Å². The predicted molar refractivity (Wildman–Crippen MR) is 72.3 cm³/mol. The standard InChI is InChI=1S/C14H14N2O2/c1-10-3-4-13(9-11(10)2)15-12-5-7-14(8-6-12)16(17)18/h3-9,15H,1-2H3. The molecule has 1 N–H and O–H groups in total. The number of nitrogens with one attached hydrogen (secondary N) is 1. The van der Waals surface area contributed by atoms with Gasteiger partial charge in [0.05, 0.1) is 4.92 Å². The number of nitrogens with zero attached hydrogens (tertiary/aromatic N) is 1. The van der Waals surface area contributed by atoms with Gasteiger partial charge in [-0.25, -0.2) is 0 Å². The Bertz CT molecular complexity index is 577. The van der Waals surface area contributed by atoms with Crippen LogP contribution in [0.5, 0.6) is 0 Å². The Hall–Kier alpha value is -2.36. The molecule has 2 aromatic rings. The highest BCUT2D eigenvalue weighted by atomic mass is 16.6. The molecule has 0 heterocycles. The van der Waals surface area contributed by atoms with E-state index in [1.54, 1.807) is 12.1 Å². The van der Waals surface area contributed by atoms with Crippen LogP contribution in [-0.4, -0.2) is 4.92 Å². The molecule has 0 aliphatic carbocycles. The summed E-state index contributed by atoms with van der Waals surface area (Å²) in [5.41, 5.74) is 4.36. The fourth-order valence-corrected chi connectivity index (χ4v) is 1.65. The van der Waals surface area contributed by atoms with E-state index in [2.05, 4.69) is 25.2 Å². The summed E-state index contributed by atoms with van der Waals surface area (Å²) >= 11 is 0. The van der Waals surface area contributed by atoms with E-state index in [0.29, 0.717) is 0 Å². The molecule has 0 atom stereocenters.